The third-order valence-electron chi connectivity index (χ3n) is 4.85. The monoisotopic (exact) mass is 392 g/mol. The lowest BCUT2D eigenvalue weighted by Gasteiger charge is -2.15. The molecule has 0 bridgehead atoms. The van der Waals surface area contributed by atoms with Crippen molar-refractivity contribution in [2.75, 3.05) is 5.01 Å². The van der Waals surface area contributed by atoms with Crippen LogP contribution in [-0.2, 0) is 20.6 Å². The molecule has 0 saturated heterocycles. The largest absolute Gasteiger partial charge is 0.384 e. The quantitative estimate of drug-likeness (QED) is 0.385. The SMILES string of the molecule is C=NN(C(=C)N)c1nc2c(c(=O)n(Cc3cc4ccccc4[nH]3)c(=O)n2C)n1C. The maximum Gasteiger partial charge on any atom is 0.332 e. The Morgan fingerprint density at radius 3 is 2.66 bits per heavy atom. The summed E-state index contributed by atoms with van der Waals surface area (Å²) in [7, 11) is 3.20. The number of anilines is 1. The molecule has 0 aliphatic rings. The maximum absolute atomic E-state index is 13.2. The smallest absolute Gasteiger partial charge is 0.332 e. The van der Waals surface area contributed by atoms with Crippen molar-refractivity contribution in [2.45, 2.75) is 6.54 Å². The van der Waals surface area contributed by atoms with Crippen molar-refractivity contribution < 1.29 is 0 Å². The van der Waals surface area contributed by atoms with Crippen LogP contribution in [0.25, 0.3) is 22.1 Å². The minimum atomic E-state index is -0.476. The van der Waals surface area contributed by atoms with E-state index < -0.39 is 11.2 Å². The molecule has 0 radical (unpaired) electrons. The van der Waals surface area contributed by atoms with Crippen molar-refractivity contribution >= 4 is 34.7 Å². The van der Waals surface area contributed by atoms with Crippen molar-refractivity contribution in [1.82, 2.24) is 23.7 Å². The van der Waals surface area contributed by atoms with E-state index in [1.54, 1.807) is 14.1 Å². The van der Waals surface area contributed by atoms with E-state index in [-0.39, 0.29) is 29.5 Å². The highest BCUT2D eigenvalue weighted by Gasteiger charge is 2.22. The highest BCUT2D eigenvalue weighted by atomic mass is 16.2. The Morgan fingerprint density at radius 1 is 1.28 bits per heavy atom. The average Bonchev–Trinajstić information content (AvgIpc) is 3.25. The molecule has 0 aliphatic heterocycles. The van der Waals surface area contributed by atoms with Gasteiger partial charge in [0.2, 0.25) is 5.95 Å². The molecule has 0 saturated carbocycles. The van der Waals surface area contributed by atoms with Gasteiger partial charge in [0.15, 0.2) is 11.2 Å². The van der Waals surface area contributed by atoms with Crippen molar-refractivity contribution in [3.8, 4) is 0 Å². The lowest BCUT2D eigenvalue weighted by Crippen LogP contribution is -2.39. The lowest BCUT2D eigenvalue weighted by atomic mass is 10.2. The van der Waals surface area contributed by atoms with Crippen molar-refractivity contribution in [1.29, 1.82) is 0 Å². The number of hydrogen-bond acceptors (Lipinski definition) is 6. The van der Waals surface area contributed by atoms with E-state index in [9.17, 15) is 9.59 Å². The molecular weight excluding hydrogens is 372 g/mol. The van der Waals surface area contributed by atoms with E-state index in [4.69, 9.17) is 5.73 Å². The van der Waals surface area contributed by atoms with Crippen LogP contribution in [0.3, 0.4) is 0 Å². The first-order chi connectivity index (χ1) is 13.8. The number of fused-ring (bicyclic) bond motifs is 2. The van der Waals surface area contributed by atoms with Crippen LogP contribution in [0.15, 0.2) is 57.4 Å². The van der Waals surface area contributed by atoms with Crippen LogP contribution >= 0.6 is 0 Å². The number of nitrogens with zero attached hydrogens (tertiary/aromatic N) is 6. The van der Waals surface area contributed by atoms with Crippen LogP contribution in [-0.4, -0.2) is 30.4 Å². The number of aromatic amines is 1. The molecule has 0 amide bonds. The van der Waals surface area contributed by atoms with Crippen LogP contribution in [0.1, 0.15) is 5.69 Å². The summed E-state index contributed by atoms with van der Waals surface area (Å²) in [4.78, 5) is 33.7. The predicted octanol–water partition coefficient (Wildman–Crippen LogP) is 0.815. The van der Waals surface area contributed by atoms with Gasteiger partial charge >= 0.3 is 5.69 Å². The first kappa shape index (κ1) is 18.3. The van der Waals surface area contributed by atoms with Gasteiger partial charge in [0, 0.05) is 32.0 Å². The second-order valence-electron chi connectivity index (χ2n) is 6.70. The van der Waals surface area contributed by atoms with E-state index in [1.165, 1.54) is 18.7 Å². The number of rotatable bonds is 5. The van der Waals surface area contributed by atoms with E-state index in [0.29, 0.717) is 0 Å². The zero-order valence-corrected chi connectivity index (χ0v) is 16.1. The minimum Gasteiger partial charge on any atom is -0.384 e. The number of nitrogens with one attached hydrogen (secondary N) is 1. The standard InChI is InChI=1S/C19H20N8O2/c1-11(20)27(21-2)18-23-16-15(24(18)3)17(28)26(19(29)25(16)4)10-13-9-12-7-5-6-8-14(12)22-13/h5-9,22H,1-2,10,20H2,3-4H3. The number of imidazole rings is 1. The molecular formula is C19H20N8O2. The van der Waals surface area contributed by atoms with Gasteiger partial charge in [-0.2, -0.15) is 15.1 Å². The Bertz CT molecular complexity index is 1370. The van der Waals surface area contributed by atoms with E-state index >= 15 is 0 Å². The highest BCUT2D eigenvalue weighted by Crippen LogP contribution is 2.20. The molecule has 4 rings (SSSR count). The average molecular weight is 392 g/mol. The maximum atomic E-state index is 13.2. The zero-order chi connectivity index (χ0) is 20.9. The van der Waals surface area contributed by atoms with Gasteiger partial charge in [0.25, 0.3) is 5.56 Å². The van der Waals surface area contributed by atoms with E-state index in [1.807, 2.05) is 30.3 Å². The van der Waals surface area contributed by atoms with Crippen molar-refractivity contribution in [2.24, 2.45) is 24.9 Å². The molecule has 29 heavy (non-hydrogen) atoms. The third-order valence-corrected chi connectivity index (χ3v) is 4.85. The van der Waals surface area contributed by atoms with Crippen LogP contribution in [0.2, 0.25) is 0 Å². The molecule has 0 fully saturated rings. The zero-order valence-electron chi connectivity index (χ0n) is 16.1. The summed E-state index contributed by atoms with van der Waals surface area (Å²) >= 11 is 0. The van der Waals surface area contributed by atoms with Crippen molar-refractivity contribution in [3.05, 3.63) is 69.3 Å². The summed E-state index contributed by atoms with van der Waals surface area (Å²) in [5, 5.41) is 5.99. The molecule has 0 aliphatic carbocycles. The van der Waals surface area contributed by atoms with Gasteiger partial charge in [0.1, 0.15) is 5.82 Å². The second-order valence-corrected chi connectivity index (χ2v) is 6.70. The van der Waals surface area contributed by atoms with Gasteiger partial charge in [-0.15, -0.1) is 0 Å². The summed E-state index contributed by atoms with van der Waals surface area (Å²) in [5.41, 5.74) is 6.94. The molecule has 3 heterocycles. The van der Waals surface area contributed by atoms with Gasteiger partial charge in [-0.05, 0) is 17.5 Å². The number of para-hydroxylation sites is 1. The van der Waals surface area contributed by atoms with Crippen LogP contribution in [0.5, 0.6) is 0 Å². The highest BCUT2D eigenvalue weighted by molar-refractivity contribution is 5.80. The third kappa shape index (κ3) is 2.73. The molecule has 1 aromatic carbocycles. The number of hydrogen-bond donors (Lipinski definition) is 2. The second kappa shape index (κ2) is 6.51. The number of aromatic nitrogens is 5. The van der Waals surface area contributed by atoms with E-state index in [0.717, 1.165) is 16.6 Å². The van der Waals surface area contributed by atoms with Gasteiger partial charge in [0.05, 0.1) is 6.54 Å². The summed E-state index contributed by atoms with van der Waals surface area (Å²) in [6.45, 7) is 7.18. The van der Waals surface area contributed by atoms with Gasteiger partial charge in [-0.3, -0.25) is 13.9 Å². The van der Waals surface area contributed by atoms with Crippen LogP contribution < -0.4 is 22.0 Å². The topological polar surface area (TPSA) is 119 Å². The number of benzene rings is 1. The molecule has 0 atom stereocenters. The fraction of sp³-hybridized carbons (Fsp3) is 0.158. The molecule has 3 N–H and O–H groups in total. The lowest BCUT2D eigenvalue weighted by molar-refractivity contribution is 0.648. The molecule has 148 valence electrons. The number of hydrazone groups is 1. The Morgan fingerprint density at radius 2 is 2.00 bits per heavy atom. The minimum absolute atomic E-state index is 0.0850. The Labute approximate surface area is 164 Å². The summed E-state index contributed by atoms with van der Waals surface area (Å²) < 4.78 is 4.01. The van der Waals surface area contributed by atoms with E-state index in [2.05, 4.69) is 28.4 Å². The Hall–Kier alpha value is -4.08. The Balaban J connectivity index is 1.92. The first-order valence-electron chi connectivity index (χ1n) is 8.77. The molecule has 4 aromatic rings. The normalized spacial score (nSPS) is 11.2. The Kier molecular flexibility index (Phi) is 4.11. The molecule has 10 nitrogen and oxygen atoms in total. The number of aryl methyl sites for hydroxylation is 2. The number of H-pyrrole nitrogens is 1. The summed E-state index contributed by atoms with van der Waals surface area (Å²) in [5.74, 6) is 0.319. The molecule has 0 unspecified atom stereocenters. The summed E-state index contributed by atoms with van der Waals surface area (Å²) in [6.07, 6.45) is 0. The molecule has 0 spiro atoms. The van der Waals surface area contributed by atoms with Gasteiger partial charge in [-0.25, -0.2) is 4.79 Å². The summed E-state index contributed by atoms with van der Waals surface area (Å²) in [6, 6.07) is 9.67. The van der Waals surface area contributed by atoms with Crippen molar-refractivity contribution in [3.63, 3.8) is 0 Å². The molecule has 10 heteroatoms. The fourth-order valence-corrected chi connectivity index (χ4v) is 3.43. The van der Waals surface area contributed by atoms with Crippen LogP contribution in [0, 0.1) is 0 Å². The van der Waals surface area contributed by atoms with Gasteiger partial charge in [-0.1, -0.05) is 24.8 Å². The van der Waals surface area contributed by atoms with Crippen LogP contribution in [0.4, 0.5) is 5.95 Å². The fourth-order valence-electron chi connectivity index (χ4n) is 3.43. The predicted molar refractivity (Wildman–Crippen MR) is 113 cm³/mol. The molecule has 3 aromatic heterocycles. The van der Waals surface area contributed by atoms with Gasteiger partial charge < -0.3 is 15.3 Å². The first-order valence-corrected chi connectivity index (χ1v) is 8.77. The number of nitrogens with two attached hydrogens (primary N) is 1.